The van der Waals surface area contributed by atoms with Crippen LogP contribution in [0.25, 0.3) is 0 Å². The summed E-state index contributed by atoms with van der Waals surface area (Å²) >= 11 is 5.96. The first-order valence-electron chi connectivity index (χ1n) is 6.26. The van der Waals surface area contributed by atoms with E-state index in [0.29, 0.717) is 17.3 Å². The number of esters is 1. The molecule has 1 atom stereocenters. The van der Waals surface area contributed by atoms with Gasteiger partial charge >= 0.3 is 5.97 Å². The van der Waals surface area contributed by atoms with Crippen LogP contribution in [0.1, 0.15) is 34.8 Å². The number of halogens is 1. The van der Waals surface area contributed by atoms with Crippen molar-refractivity contribution in [3.63, 3.8) is 0 Å². The van der Waals surface area contributed by atoms with Crippen molar-refractivity contribution in [2.24, 2.45) is 0 Å². The predicted octanol–water partition coefficient (Wildman–Crippen LogP) is 3.57. The zero-order chi connectivity index (χ0) is 14.5. The smallest absolute Gasteiger partial charge is 0.373 e. The van der Waals surface area contributed by atoms with E-state index in [4.69, 9.17) is 16.0 Å². The molecular weight excluding hydrogens is 278 g/mol. The van der Waals surface area contributed by atoms with Crippen LogP contribution in [0.4, 0.5) is 0 Å². The van der Waals surface area contributed by atoms with Gasteiger partial charge in [-0.25, -0.2) is 4.79 Å². The monoisotopic (exact) mass is 293 g/mol. The van der Waals surface area contributed by atoms with E-state index in [0.717, 1.165) is 5.56 Å². The highest BCUT2D eigenvalue weighted by molar-refractivity contribution is 6.30. The zero-order valence-electron chi connectivity index (χ0n) is 11.4. The molecule has 0 aliphatic heterocycles. The molecule has 1 aromatic carbocycles. The fraction of sp³-hybridized carbons (Fsp3) is 0.267. The molecule has 0 saturated carbocycles. The molecule has 2 rings (SSSR count). The molecule has 0 amide bonds. The van der Waals surface area contributed by atoms with Crippen molar-refractivity contribution in [3.8, 4) is 0 Å². The predicted molar refractivity (Wildman–Crippen MR) is 76.8 cm³/mol. The lowest BCUT2D eigenvalue weighted by molar-refractivity contribution is 0.0563. The van der Waals surface area contributed by atoms with Crippen molar-refractivity contribution in [1.82, 2.24) is 5.32 Å². The Balaban J connectivity index is 1.95. The van der Waals surface area contributed by atoms with Gasteiger partial charge in [0.05, 0.1) is 13.7 Å². The summed E-state index contributed by atoms with van der Waals surface area (Å²) in [6.45, 7) is 2.56. The van der Waals surface area contributed by atoms with Crippen molar-refractivity contribution in [3.05, 3.63) is 58.5 Å². The fourth-order valence-electron chi connectivity index (χ4n) is 1.83. The minimum atomic E-state index is -0.473. The lowest BCUT2D eigenvalue weighted by Crippen LogP contribution is -2.17. The Morgan fingerprint density at radius 2 is 2.20 bits per heavy atom. The number of ether oxygens (including phenoxy) is 1. The summed E-state index contributed by atoms with van der Waals surface area (Å²) in [5, 5.41) is 4.02. The highest BCUT2D eigenvalue weighted by Gasteiger charge is 2.12. The van der Waals surface area contributed by atoms with Crippen LogP contribution in [0.5, 0.6) is 0 Å². The highest BCUT2D eigenvalue weighted by atomic mass is 35.5. The molecule has 1 unspecified atom stereocenters. The number of hydrogen-bond acceptors (Lipinski definition) is 4. The van der Waals surface area contributed by atoms with Gasteiger partial charge in [0.2, 0.25) is 5.76 Å². The maximum atomic E-state index is 11.3. The van der Waals surface area contributed by atoms with Crippen LogP contribution >= 0.6 is 11.6 Å². The van der Waals surface area contributed by atoms with Gasteiger partial charge in [-0.2, -0.15) is 0 Å². The Kier molecular flexibility index (Phi) is 4.82. The minimum Gasteiger partial charge on any atom is -0.463 e. The lowest BCUT2D eigenvalue weighted by Gasteiger charge is -2.13. The number of furan rings is 1. The Labute approximate surface area is 122 Å². The molecule has 1 N–H and O–H groups in total. The standard InChI is InChI=1S/C15H16ClNO3/c1-10(11-4-3-5-12(16)8-11)17-9-13-6-7-14(20-13)15(18)19-2/h3-8,10,17H,9H2,1-2H3. The van der Waals surface area contributed by atoms with Gasteiger partial charge in [-0.05, 0) is 36.8 Å². The summed E-state index contributed by atoms with van der Waals surface area (Å²) in [6, 6.07) is 11.2. The Morgan fingerprint density at radius 3 is 2.90 bits per heavy atom. The van der Waals surface area contributed by atoms with Crippen molar-refractivity contribution in [1.29, 1.82) is 0 Å². The number of nitrogens with one attached hydrogen (secondary N) is 1. The number of carbonyl (C=O) groups excluding carboxylic acids is 1. The summed E-state index contributed by atoms with van der Waals surface area (Å²) in [5.74, 6) is 0.415. The molecule has 2 aromatic rings. The lowest BCUT2D eigenvalue weighted by atomic mass is 10.1. The zero-order valence-corrected chi connectivity index (χ0v) is 12.1. The Morgan fingerprint density at radius 1 is 1.40 bits per heavy atom. The second-order valence-electron chi connectivity index (χ2n) is 4.42. The van der Waals surface area contributed by atoms with E-state index in [2.05, 4.69) is 10.1 Å². The molecule has 106 valence electrons. The van der Waals surface area contributed by atoms with E-state index in [-0.39, 0.29) is 11.8 Å². The summed E-state index contributed by atoms with van der Waals surface area (Å²) < 4.78 is 9.97. The third-order valence-corrected chi connectivity index (χ3v) is 3.21. The van der Waals surface area contributed by atoms with Gasteiger partial charge in [0.15, 0.2) is 0 Å². The molecule has 5 heteroatoms. The van der Waals surface area contributed by atoms with Gasteiger partial charge < -0.3 is 14.5 Å². The number of hydrogen-bond donors (Lipinski definition) is 1. The molecule has 0 fully saturated rings. The summed E-state index contributed by atoms with van der Waals surface area (Å²) in [7, 11) is 1.32. The van der Waals surface area contributed by atoms with E-state index >= 15 is 0 Å². The molecule has 0 aliphatic carbocycles. The number of benzene rings is 1. The summed E-state index contributed by atoms with van der Waals surface area (Å²) in [5.41, 5.74) is 1.09. The summed E-state index contributed by atoms with van der Waals surface area (Å²) in [4.78, 5) is 11.3. The molecule has 0 spiro atoms. The average molecular weight is 294 g/mol. The molecule has 1 heterocycles. The maximum Gasteiger partial charge on any atom is 0.373 e. The Hall–Kier alpha value is -1.78. The number of rotatable bonds is 5. The molecule has 0 saturated heterocycles. The third kappa shape index (κ3) is 3.62. The van der Waals surface area contributed by atoms with Crippen molar-refractivity contribution >= 4 is 17.6 Å². The molecule has 20 heavy (non-hydrogen) atoms. The normalized spacial score (nSPS) is 12.2. The quantitative estimate of drug-likeness (QED) is 0.856. The molecule has 0 bridgehead atoms. The first kappa shape index (κ1) is 14.6. The van der Waals surface area contributed by atoms with Crippen LogP contribution in [0.2, 0.25) is 5.02 Å². The maximum absolute atomic E-state index is 11.3. The van der Waals surface area contributed by atoms with Gasteiger partial charge in [-0.1, -0.05) is 23.7 Å². The average Bonchev–Trinajstić information content (AvgIpc) is 2.92. The van der Waals surface area contributed by atoms with E-state index in [1.54, 1.807) is 12.1 Å². The highest BCUT2D eigenvalue weighted by Crippen LogP contribution is 2.18. The first-order valence-corrected chi connectivity index (χ1v) is 6.64. The molecule has 0 aliphatic rings. The molecule has 4 nitrogen and oxygen atoms in total. The van der Waals surface area contributed by atoms with Gasteiger partial charge in [-0.3, -0.25) is 0 Å². The van der Waals surface area contributed by atoms with Crippen molar-refractivity contribution in [2.45, 2.75) is 19.5 Å². The van der Waals surface area contributed by atoms with E-state index in [1.165, 1.54) is 7.11 Å². The van der Waals surface area contributed by atoms with Gasteiger partial charge in [0, 0.05) is 11.1 Å². The van der Waals surface area contributed by atoms with Gasteiger partial charge in [-0.15, -0.1) is 0 Å². The Bertz CT molecular complexity index is 594. The number of methoxy groups -OCH3 is 1. The van der Waals surface area contributed by atoms with E-state index in [1.807, 2.05) is 31.2 Å². The fourth-order valence-corrected chi connectivity index (χ4v) is 2.03. The van der Waals surface area contributed by atoms with E-state index in [9.17, 15) is 4.79 Å². The largest absolute Gasteiger partial charge is 0.463 e. The topological polar surface area (TPSA) is 51.5 Å². The van der Waals surface area contributed by atoms with Crippen LogP contribution in [0.15, 0.2) is 40.8 Å². The van der Waals surface area contributed by atoms with Crippen molar-refractivity contribution < 1.29 is 13.9 Å². The van der Waals surface area contributed by atoms with E-state index < -0.39 is 5.97 Å². The van der Waals surface area contributed by atoms with Crippen molar-refractivity contribution in [2.75, 3.05) is 7.11 Å². The summed E-state index contributed by atoms with van der Waals surface area (Å²) in [6.07, 6.45) is 0. The first-order chi connectivity index (χ1) is 9.60. The second kappa shape index (κ2) is 6.59. The van der Waals surface area contributed by atoms with Gasteiger partial charge in [0.25, 0.3) is 0 Å². The minimum absolute atomic E-state index is 0.125. The van der Waals surface area contributed by atoms with Crippen LogP contribution in [0, 0.1) is 0 Å². The SMILES string of the molecule is COC(=O)c1ccc(CNC(C)c2cccc(Cl)c2)o1. The van der Waals surface area contributed by atoms with Crippen LogP contribution in [-0.2, 0) is 11.3 Å². The third-order valence-electron chi connectivity index (χ3n) is 2.98. The molecular formula is C15H16ClNO3. The number of carbonyl (C=O) groups is 1. The van der Waals surface area contributed by atoms with Crippen LogP contribution < -0.4 is 5.32 Å². The van der Waals surface area contributed by atoms with Crippen LogP contribution in [0.3, 0.4) is 0 Å². The molecule has 1 aromatic heterocycles. The molecule has 0 radical (unpaired) electrons. The van der Waals surface area contributed by atoms with Gasteiger partial charge in [0.1, 0.15) is 5.76 Å². The second-order valence-corrected chi connectivity index (χ2v) is 4.85. The van der Waals surface area contributed by atoms with Crippen LogP contribution in [-0.4, -0.2) is 13.1 Å².